The number of β-amino-alcohol motifs (C(OH)–C–C–N with tert-alkyl or cyclic N) is 1. The minimum Gasteiger partial charge on any atom is -0.495 e. The maximum absolute atomic E-state index is 11.1. The molecule has 2 aliphatic heterocycles. The topological polar surface area (TPSA) is 143 Å². The highest BCUT2D eigenvalue weighted by atomic mass is 16.5. The van der Waals surface area contributed by atoms with E-state index in [1.165, 1.54) is 19.3 Å². The van der Waals surface area contributed by atoms with Crippen LogP contribution in [0.5, 0.6) is 5.75 Å². The van der Waals surface area contributed by atoms with Crippen molar-refractivity contribution in [2.24, 2.45) is 0 Å². The van der Waals surface area contributed by atoms with Crippen LogP contribution in [0.25, 0.3) is 11.2 Å². The molecule has 1 aliphatic carbocycles. The first-order valence-corrected chi connectivity index (χ1v) is 14.4. The zero-order valence-corrected chi connectivity index (χ0v) is 22.6. The molecule has 11 nitrogen and oxygen atoms in total. The van der Waals surface area contributed by atoms with Crippen molar-refractivity contribution in [3.63, 3.8) is 0 Å². The van der Waals surface area contributed by atoms with Gasteiger partial charge < -0.3 is 35.9 Å². The van der Waals surface area contributed by atoms with Gasteiger partial charge in [0.05, 0.1) is 37.4 Å². The molecule has 2 saturated heterocycles. The maximum atomic E-state index is 11.1. The van der Waals surface area contributed by atoms with E-state index in [-0.39, 0.29) is 12.1 Å². The Bertz CT molecular complexity index is 1260. The van der Waals surface area contributed by atoms with Crippen LogP contribution in [0.4, 0.5) is 17.5 Å². The quantitative estimate of drug-likeness (QED) is 0.267. The van der Waals surface area contributed by atoms with Crippen molar-refractivity contribution in [3.05, 3.63) is 30.1 Å². The maximum Gasteiger partial charge on any atom is 0.231 e. The molecule has 4 heterocycles. The number of benzene rings is 1. The number of aromatic amines is 1. The van der Waals surface area contributed by atoms with Gasteiger partial charge in [-0.3, -0.25) is 4.90 Å². The van der Waals surface area contributed by atoms with Gasteiger partial charge in [0.25, 0.3) is 0 Å². The first-order chi connectivity index (χ1) is 19.1. The molecule has 3 unspecified atom stereocenters. The molecule has 3 aliphatic rings. The van der Waals surface area contributed by atoms with Crippen molar-refractivity contribution in [2.45, 2.75) is 81.7 Å². The fourth-order valence-electron chi connectivity index (χ4n) is 6.55. The Morgan fingerprint density at radius 3 is 2.72 bits per heavy atom. The number of fused-ring (bicyclic) bond motifs is 1. The molecule has 0 spiro atoms. The predicted molar refractivity (Wildman–Crippen MR) is 150 cm³/mol. The van der Waals surface area contributed by atoms with E-state index in [9.17, 15) is 10.2 Å². The normalized spacial score (nSPS) is 26.9. The minimum absolute atomic E-state index is 0.0130. The Kier molecular flexibility index (Phi) is 7.83. The molecule has 3 aromatic rings. The van der Waals surface area contributed by atoms with Crippen molar-refractivity contribution in [2.75, 3.05) is 37.4 Å². The van der Waals surface area contributed by atoms with Crippen molar-refractivity contribution in [1.82, 2.24) is 30.2 Å². The molecule has 210 valence electrons. The van der Waals surface area contributed by atoms with Crippen LogP contribution in [0.3, 0.4) is 0 Å². The molecule has 4 atom stereocenters. The van der Waals surface area contributed by atoms with Gasteiger partial charge in [-0.1, -0.05) is 25.3 Å². The number of piperidine rings is 2. The summed E-state index contributed by atoms with van der Waals surface area (Å²) in [7, 11) is 1.64. The lowest BCUT2D eigenvalue weighted by Gasteiger charge is -2.47. The molecule has 6 rings (SSSR count). The highest BCUT2D eigenvalue weighted by Crippen LogP contribution is 2.39. The number of ether oxygens (including phenoxy) is 1. The number of nitrogens with one attached hydrogen (secondary N) is 4. The Morgan fingerprint density at radius 1 is 1.03 bits per heavy atom. The van der Waals surface area contributed by atoms with E-state index >= 15 is 0 Å². The van der Waals surface area contributed by atoms with Crippen molar-refractivity contribution in [3.8, 4) is 5.75 Å². The van der Waals surface area contributed by atoms with Crippen molar-refractivity contribution in [1.29, 1.82) is 0 Å². The van der Waals surface area contributed by atoms with E-state index in [1.807, 2.05) is 18.2 Å². The number of likely N-dealkylation sites (tertiary alicyclic amines) is 1. The van der Waals surface area contributed by atoms with Crippen LogP contribution < -0.4 is 20.7 Å². The van der Waals surface area contributed by atoms with Gasteiger partial charge in [0.1, 0.15) is 11.3 Å². The SMILES string of the molecule is COc1cc(C2C(O)CCCN2C2CCNC[C@H]2O)ccc1Nc1nc(NC2CCCCC2)c2[nH]cnc2n1. The largest absolute Gasteiger partial charge is 0.495 e. The summed E-state index contributed by atoms with van der Waals surface area (Å²) < 4.78 is 5.80. The van der Waals surface area contributed by atoms with Crippen LogP contribution in [0, 0.1) is 0 Å². The summed E-state index contributed by atoms with van der Waals surface area (Å²) in [6, 6.07) is 6.17. The molecular formula is C28H40N8O3. The number of hydrogen-bond acceptors (Lipinski definition) is 10. The number of imidazole rings is 1. The first kappa shape index (κ1) is 26.2. The van der Waals surface area contributed by atoms with Gasteiger partial charge >= 0.3 is 0 Å². The molecule has 11 heteroatoms. The number of aromatic nitrogens is 4. The second-order valence-electron chi connectivity index (χ2n) is 11.1. The number of hydrogen-bond donors (Lipinski definition) is 6. The molecule has 1 aromatic carbocycles. The summed E-state index contributed by atoms with van der Waals surface area (Å²) in [6.07, 6.45) is 9.19. The van der Waals surface area contributed by atoms with Gasteiger partial charge in [0, 0.05) is 18.6 Å². The summed E-state index contributed by atoms with van der Waals surface area (Å²) in [4.78, 5) is 19.3. The Balaban J connectivity index is 1.27. The second-order valence-corrected chi connectivity index (χ2v) is 11.1. The molecule has 3 fully saturated rings. The standard InChI is InChI=1S/C28H40N8O3/c1-39-23-14-17(25-21(37)8-5-13-36(25)20-11-12-29-15-22(20)38)9-10-19(23)33-28-34-26-24(30-16-31-26)27(35-28)32-18-6-3-2-4-7-18/h9-10,14,16,18,20-22,25,29,37-38H,2-8,11-13,15H2,1H3,(H3,30,31,32,33,34,35)/t20?,21?,22-,25?/m1/s1. The summed E-state index contributed by atoms with van der Waals surface area (Å²) in [5.41, 5.74) is 3.11. The predicted octanol–water partition coefficient (Wildman–Crippen LogP) is 3.07. The summed E-state index contributed by atoms with van der Waals surface area (Å²) in [5, 5.41) is 32.0. The van der Waals surface area contributed by atoms with Crippen LogP contribution in [-0.2, 0) is 0 Å². The monoisotopic (exact) mass is 536 g/mol. The lowest BCUT2D eigenvalue weighted by molar-refractivity contribution is -0.0573. The van der Waals surface area contributed by atoms with E-state index in [4.69, 9.17) is 9.72 Å². The van der Waals surface area contributed by atoms with Gasteiger partial charge in [-0.2, -0.15) is 9.97 Å². The van der Waals surface area contributed by atoms with E-state index in [0.29, 0.717) is 29.9 Å². The third kappa shape index (κ3) is 5.54. The zero-order valence-electron chi connectivity index (χ0n) is 22.6. The van der Waals surface area contributed by atoms with E-state index in [1.54, 1.807) is 13.4 Å². The first-order valence-electron chi connectivity index (χ1n) is 14.4. The number of methoxy groups -OCH3 is 1. The van der Waals surface area contributed by atoms with Crippen molar-refractivity contribution >= 4 is 28.6 Å². The second kappa shape index (κ2) is 11.6. The Morgan fingerprint density at radius 2 is 1.90 bits per heavy atom. The van der Waals surface area contributed by atoms with Gasteiger partial charge in [0.15, 0.2) is 11.5 Å². The average molecular weight is 537 g/mol. The highest BCUT2D eigenvalue weighted by Gasteiger charge is 2.39. The summed E-state index contributed by atoms with van der Waals surface area (Å²) in [6.45, 7) is 2.29. The molecule has 0 radical (unpaired) electrons. The third-order valence-corrected chi connectivity index (χ3v) is 8.52. The lowest BCUT2D eigenvalue weighted by Crippen LogP contribution is -2.57. The zero-order chi connectivity index (χ0) is 26.8. The van der Waals surface area contributed by atoms with Crippen molar-refractivity contribution < 1.29 is 14.9 Å². The van der Waals surface area contributed by atoms with Crippen LogP contribution in [-0.4, -0.2) is 86.1 Å². The smallest absolute Gasteiger partial charge is 0.231 e. The van der Waals surface area contributed by atoms with Gasteiger partial charge in [0.2, 0.25) is 5.95 Å². The molecule has 2 aromatic heterocycles. The minimum atomic E-state index is -0.511. The molecule has 39 heavy (non-hydrogen) atoms. The van der Waals surface area contributed by atoms with E-state index < -0.39 is 12.2 Å². The highest BCUT2D eigenvalue weighted by molar-refractivity contribution is 5.84. The number of nitrogens with zero attached hydrogens (tertiary/aromatic N) is 4. The number of aliphatic hydroxyl groups excluding tert-OH is 2. The number of rotatable bonds is 7. The summed E-state index contributed by atoms with van der Waals surface area (Å²) >= 11 is 0. The number of aliphatic hydroxyl groups is 2. The van der Waals surface area contributed by atoms with Gasteiger partial charge in [-0.05, 0) is 62.9 Å². The third-order valence-electron chi connectivity index (χ3n) is 8.52. The number of anilines is 3. The molecule has 6 N–H and O–H groups in total. The van der Waals surface area contributed by atoms with Crippen LogP contribution in [0.15, 0.2) is 24.5 Å². The fourth-order valence-corrected chi connectivity index (χ4v) is 6.55. The van der Waals surface area contributed by atoms with Crippen LogP contribution in [0.2, 0.25) is 0 Å². The van der Waals surface area contributed by atoms with Gasteiger partial charge in [-0.25, -0.2) is 4.98 Å². The average Bonchev–Trinajstić information content (AvgIpc) is 3.43. The molecule has 0 bridgehead atoms. The van der Waals surface area contributed by atoms with Gasteiger partial charge in [-0.15, -0.1) is 0 Å². The Hall–Kier alpha value is -2.99. The molecule has 0 amide bonds. The van der Waals surface area contributed by atoms with E-state index in [2.05, 4.69) is 35.8 Å². The Labute approximate surface area is 228 Å². The molecule has 1 saturated carbocycles. The van der Waals surface area contributed by atoms with Crippen LogP contribution in [0.1, 0.15) is 63.0 Å². The number of H-pyrrole nitrogens is 1. The van der Waals surface area contributed by atoms with Crippen LogP contribution >= 0.6 is 0 Å². The fraction of sp³-hybridized carbons (Fsp3) is 0.607. The molecular weight excluding hydrogens is 496 g/mol. The van der Waals surface area contributed by atoms with E-state index in [0.717, 1.165) is 67.8 Å². The lowest BCUT2D eigenvalue weighted by atomic mass is 9.88. The summed E-state index contributed by atoms with van der Waals surface area (Å²) in [5.74, 6) is 1.84.